The maximum atomic E-state index is 10.3. The van der Waals surface area contributed by atoms with Gasteiger partial charge in [-0.3, -0.25) is 0 Å². The molecule has 0 spiro atoms. The molecule has 1 saturated heterocycles. The van der Waals surface area contributed by atoms with E-state index in [9.17, 15) is 10.2 Å². The lowest BCUT2D eigenvalue weighted by molar-refractivity contribution is -0.0879. The summed E-state index contributed by atoms with van der Waals surface area (Å²) in [7, 11) is 0. The predicted molar refractivity (Wildman–Crippen MR) is 77.1 cm³/mol. The Morgan fingerprint density at radius 2 is 2.24 bits per heavy atom. The van der Waals surface area contributed by atoms with Gasteiger partial charge in [-0.05, 0) is 12.8 Å². The SMILES string of the molecule is CCc1nc2c(N3CC[C@](O)(CC)[C@H](O)C3)ncnc2o1. The average molecular weight is 292 g/mol. The molecule has 1 fully saturated rings. The van der Waals surface area contributed by atoms with E-state index in [1.165, 1.54) is 6.33 Å². The number of aromatic nitrogens is 3. The van der Waals surface area contributed by atoms with Gasteiger partial charge >= 0.3 is 0 Å². The van der Waals surface area contributed by atoms with Gasteiger partial charge in [0.25, 0.3) is 5.71 Å². The molecule has 0 aromatic carbocycles. The van der Waals surface area contributed by atoms with E-state index in [0.29, 0.717) is 55.3 Å². The molecule has 0 radical (unpaired) electrons. The number of anilines is 1. The van der Waals surface area contributed by atoms with Crippen LogP contribution in [0.1, 0.15) is 32.6 Å². The van der Waals surface area contributed by atoms with Gasteiger partial charge in [-0.15, -0.1) is 0 Å². The number of oxazole rings is 1. The Labute approximate surface area is 122 Å². The third-order valence-electron chi connectivity index (χ3n) is 4.26. The Bertz CT molecular complexity index is 644. The van der Waals surface area contributed by atoms with Crippen molar-refractivity contribution in [2.45, 2.75) is 44.8 Å². The van der Waals surface area contributed by atoms with Crippen LogP contribution in [-0.4, -0.2) is 50.0 Å². The molecule has 1 aliphatic rings. The molecule has 0 saturated carbocycles. The molecule has 0 bridgehead atoms. The topological polar surface area (TPSA) is 95.5 Å². The maximum Gasteiger partial charge on any atom is 0.252 e. The summed E-state index contributed by atoms with van der Waals surface area (Å²) in [6.45, 7) is 4.78. The molecule has 2 aromatic heterocycles. The molecule has 7 heteroatoms. The van der Waals surface area contributed by atoms with Gasteiger partial charge in [-0.2, -0.15) is 4.98 Å². The van der Waals surface area contributed by atoms with E-state index in [1.807, 2.05) is 18.7 Å². The molecule has 3 rings (SSSR count). The van der Waals surface area contributed by atoms with Crippen molar-refractivity contribution in [1.82, 2.24) is 15.0 Å². The van der Waals surface area contributed by atoms with Crippen LogP contribution in [0.2, 0.25) is 0 Å². The number of aliphatic hydroxyl groups excluding tert-OH is 1. The summed E-state index contributed by atoms with van der Waals surface area (Å²) in [6.07, 6.45) is 2.35. The first-order chi connectivity index (χ1) is 10.1. The summed E-state index contributed by atoms with van der Waals surface area (Å²) in [5, 5.41) is 20.5. The molecular formula is C14H20N4O3. The van der Waals surface area contributed by atoms with Gasteiger partial charge in [0.15, 0.2) is 17.2 Å². The van der Waals surface area contributed by atoms with Crippen molar-refractivity contribution in [3.05, 3.63) is 12.2 Å². The highest BCUT2D eigenvalue weighted by molar-refractivity contribution is 5.81. The average Bonchev–Trinajstić information content (AvgIpc) is 2.93. The van der Waals surface area contributed by atoms with E-state index in [2.05, 4.69) is 15.0 Å². The fraction of sp³-hybridized carbons (Fsp3) is 0.643. The second kappa shape index (κ2) is 5.23. The van der Waals surface area contributed by atoms with Crippen LogP contribution in [-0.2, 0) is 6.42 Å². The quantitative estimate of drug-likeness (QED) is 0.867. The molecule has 0 amide bonds. The monoisotopic (exact) mass is 292 g/mol. The summed E-state index contributed by atoms with van der Waals surface area (Å²) < 4.78 is 5.54. The van der Waals surface area contributed by atoms with Crippen LogP contribution in [0.25, 0.3) is 11.2 Å². The molecule has 7 nitrogen and oxygen atoms in total. The summed E-state index contributed by atoms with van der Waals surface area (Å²) >= 11 is 0. The Hall–Kier alpha value is -1.73. The van der Waals surface area contributed by atoms with Gasteiger partial charge in [-0.25, -0.2) is 9.97 Å². The van der Waals surface area contributed by atoms with Crippen LogP contribution in [0.5, 0.6) is 0 Å². The minimum Gasteiger partial charge on any atom is -0.422 e. The van der Waals surface area contributed by atoms with E-state index < -0.39 is 11.7 Å². The molecule has 0 unspecified atom stereocenters. The second-order valence-electron chi connectivity index (χ2n) is 5.48. The number of hydrogen-bond acceptors (Lipinski definition) is 7. The van der Waals surface area contributed by atoms with Gasteiger partial charge in [0, 0.05) is 19.5 Å². The Morgan fingerprint density at radius 3 is 2.90 bits per heavy atom. The van der Waals surface area contributed by atoms with Crippen LogP contribution in [0.4, 0.5) is 5.82 Å². The Kier molecular flexibility index (Phi) is 3.54. The fourth-order valence-electron chi connectivity index (χ4n) is 2.74. The van der Waals surface area contributed by atoms with Gasteiger partial charge in [-0.1, -0.05) is 13.8 Å². The van der Waals surface area contributed by atoms with Crippen LogP contribution in [0.15, 0.2) is 10.7 Å². The first-order valence-corrected chi connectivity index (χ1v) is 7.33. The number of fused-ring (bicyclic) bond motifs is 1. The molecule has 2 atom stereocenters. The van der Waals surface area contributed by atoms with Crippen molar-refractivity contribution in [3.63, 3.8) is 0 Å². The number of hydrogen-bond donors (Lipinski definition) is 2. The largest absolute Gasteiger partial charge is 0.422 e. The summed E-state index contributed by atoms with van der Waals surface area (Å²) in [5.74, 6) is 1.27. The molecular weight excluding hydrogens is 272 g/mol. The van der Waals surface area contributed by atoms with Crippen molar-refractivity contribution >= 4 is 17.0 Å². The molecule has 21 heavy (non-hydrogen) atoms. The predicted octanol–water partition coefficient (Wildman–Crippen LogP) is 0.892. The van der Waals surface area contributed by atoms with E-state index in [-0.39, 0.29) is 0 Å². The number of nitrogens with zero attached hydrogens (tertiary/aromatic N) is 4. The van der Waals surface area contributed by atoms with E-state index >= 15 is 0 Å². The van der Waals surface area contributed by atoms with Crippen molar-refractivity contribution < 1.29 is 14.6 Å². The fourth-order valence-corrected chi connectivity index (χ4v) is 2.74. The lowest BCUT2D eigenvalue weighted by atomic mass is 9.86. The van der Waals surface area contributed by atoms with E-state index in [4.69, 9.17) is 4.42 Å². The zero-order chi connectivity index (χ0) is 15.0. The van der Waals surface area contributed by atoms with Crippen LogP contribution < -0.4 is 4.90 Å². The zero-order valence-electron chi connectivity index (χ0n) is 12.3. The number of aryl methyl sites for hydroxylation is 1. The van der Waals surface area contributed by atoms with Crippen molar-refractivity contribution in [2.24, 2.45) is 0 Å². The molecule has 2 N–H and O–H groups in total. The molecule has 114 valence electrons. The first-order valence-electron chi connectivity index (χ1n) is 7.33. The third-order valence-corrected chi connectivity index (χ3v) is 4.26. The highest BCUT2D eigenvalue weighted by atomic mass is 16.4. The number of β-amino-alcohol motifs (C(OH)–C–C–N with tert-alkyl or cyclic N) is 1. The van der Waals surface area contributed by atoms with E-state index in [1.54, 1.807) is 0 Å². The lowest BCUT2D eigenvalue weighted by Gasteiger charge is -2.42. The van der Waals surface area contributed by atoms with Gasteiger partial charge in [0.1, 0.15) is 12.4 Å². The smallest absolute Gasteiger partial charge is 0.252 e. The zero-order valence-corrected chi connectivity index (χ0v) is 12.3. The van der Waals surface area contributed by atoms with Crippen molar-refractivity contribution in [2.75, 3.05) is 18.0 Å². The van der Waals surface area contributed by atoms with Crippen LogP contribution >= 0.6 is 0 Å². The van der Waals surface area contributed by atoms with E-state index in [0.717, 1.165) is 0 Å². The summed E-state index contributed by atoms with van der Waals surface area (Å²) in [5.41, 5.74) is 0.0623. The van der Waals surface area contributed by atoms with Gasteiger partial charge in [0.05, 0.1) is 5.60 Å². The Morgan fingerprint density at radius 1 is 1.43 bits per heavy atom. The first kappa shape index (κ1) is 14.2. The highest BCUT2D eigenvalue weighted by Crippen LogP contribution is 2.31. The molecule has 2 aromatic rings. The third kappa shape index (κ3) is 2.36. The van der Waals surface area contributed by atoms with Gasteiger partial charge < -0.3 is 19.5 Å². The second-order valence-corrected chi connectivity index (χ2v) is 5.48. The van der Waals surface area contributed by atoms with Crippen molar-refractivity contribution in [1.29, 1.82) is 0 Å². The van der Waals surface area contributed by atoms with Gasteiger partial charge in [0.2, 0.25) is 0 Å². The normalized spacial score (nSPS) is 26.5. The van der Waals surface area contributed by atoms with Crippen LogP contribution in [0, 0.1) is 0 Å². The highest BCUT2D eigenvalue weighted by Gasteiger charge is 2.40. The minimum atomic E-state index is -1.01. The number of aliphatic hydroxyl groups is 2. The maximum absolute atomic E-state index is 10.3. The van der Waals surface area contributed by atoms with Crippen LogP contribution in [0.3, 0.4) is 0 Å². The lowest BCUT2D eigenvalue weighted by Crippen LogP contribution is -2.55. The molecule has 1 aliphatic heterocycles. The molecule has 3 heterocycles. The van der Waals surface area contributed by atoms with Crippen molar-refractivity contribution in [3.8, 4) is 0 Å². The Balaban J connectivity index is 1.93. The minimum absolute atomic E-state index is 0.324. The standard InChI is InChI=1S/C14H20N4O3/c1-3-10-17-11-12(15-8-16-13(11)21-10)18-6-5-14(20,4-2)9(19)7-18/h8-9,19-20H,3-7H2,1-2H3/t9-,14-/m1/s1. The summed E-state index contributed by atoms with van der Waals surface area (Å²) in [6, 6.07) is 0. The number of rotatable bonds is 3. The molecule has 0 aliphatic carbocycles. The number of piperidine rings is 1. The summed E-state index contributed by atoms with van der Waals surface area (Å²) in [4.78, 5) is 14.7.